The van der Waals surface area contributed by atoms with Crippen LogP contribution in [0.1, 0.15) is 37.8 Å². The van der Waals surface area contributed by atoms with Crippen molar-refractivity contribution in [2.45, 2.75) is 44.4 Å². The Morgan fingerprint density at radius 1 is 1.43 bits per heavy atom. The molecule has 6 heteroatoms. The molecule has 3 atom stereocenters. The summed E-state index contributed by atoms with van der Waals surface area (Å²) in [5.41, 5.74) is 0.920. The molecular formula is C17H22ClNO4. The van der Waals surface area contributed by atoms with Crippen molar-refractivity contribution < 1.29 is 19.0 Å². The van der Waals surface area contributed by atoms with Crippen molar-refractivity contribution in [3.8, 4) is 5.75 Å². The molecule has 2 aliphatic heterocycles. The molecule has 2 heterocycles. The summed E-state index contributed by atoms with van der Waals surface area (Å²) in [6.45, 7) is 3.55. The Kier molecular flexibility index (Phi) is 5.41. The standard InChI is InChI=1S/C17H22ClNO4/c1-11(23-10-12-4-3-8-21-12)17(20)19-15-7-9-22-16-13(15)5-2-6-14(16)18/h2,5-6,11-12,15H,3-4,7-10H2,1H3,(H,19,20)/t11-,12+,15-/m0/s1. The Balaban J connectivity index is 1.56. The molecule has 2 aliphatic rings. The van der Waals surface area contributed by atoms with Crippen LogP contribution >= 0.6 is 11.6 Å². The molecule has 1 aromatic rings. The number of ether oxygens (including phenoxy) is 3. The zero-order valence-corrected chi connectivity index (χ0v) is 14.0. The number of carbonyl (C=O) groups is 1. The number of halogens is 1. The highest BCUT2D eigenvalue weighted by Crippen LogP contribution is 2.37. The van der Waals surface area contributed by atoms with Crippen LogP contribution in [0.15, 0.2) is 18.2 Å². The maximum atomic E-state index is 12.4. The quantitative estimate of drug-likeness (QED) is 0.896. The molecule has 0 spiro atoms. The molecule has 1 N–H and O–H groups in total. The highest BCUT2D eigenvalue weighted by atomic mass is 35.5. The van der Waals surface area contributed by atoms with Gasteiger partial charge in [0.1, 0.15) is 11.9 Å². The lowest BCUT2D eigenvalue weighted by Crippen LogP contribution is -2.39. The molecule has 0 radical (unpaired) electrons. The van der Waals surface area contributed by atoms with E-state index in [1.807, 2.05) is 12.1 Å². The number of hydrogen-bond acceptors (Lipinski definition) is 4. The molecule has 0 aromatic heterocycles. The van der Waals surface area contributed by atoms with Crippen molar-refractivity contribution in [1.29, 1.82) is 0 Å². The third-order valence-corrected chi connectivity index (χ3v) is 4.57. The number of para-hydroxylation sites is 1. The zero-order chi connectivity index (χ0) is 16.2. The molecule has 0 saturated carbocycles. The van der Waals surface area contributed by atoms with Crippen LogP contribution in [0.4, 0.5) is 0 Å². The van der Waals surface area contributed by atoms with Crippen molar-refractivity contribution in [3.05, 3.63) is 28.8 Å². The molecule has 3 rings (SSSR count). The van der Waals surface area contributed by atoms with Crippen LogP contribution in [0, 0.1) is 0 Å². The van der Waals surface area contributed by atoms with Gasteiger partial charge in [-0.15, -0.1) is 0 Å². The molecule has 126 valence electrons. The van der Waals surface area contributed by atoms with Gasteiger partial charge < -0.3 is 19.5 Å². The smallest absolute Gasteiger partial charge is 0.249 e. The largest absolute Gasteiger partial charge is 0.492 e. The van der Waals surface area contributed by atoms with E-state index in [9.17, 15) is 4.79 Å². The third-order valence-electron chi connectivity index (χ3n) is 4.27. The fourth-order valence-corrected chi connectivity index (χ4v) is 3.17. The summed E-state index contributed by atoms with van der Waals surface area (Å²) in [6, 6.07) is 5.49. The zero-order valence-electron chi connectivity index (χ0n) is 13.2. The topological polar surface area (TPSA) is 56.8 Å². The lowest BCUT2D eigenvalue weighted by atomic mass is 10.0. The summed E-state index contributed by atoms with van der Waals surface area (Å²) in [5, 5.41) is 3.61. The van der Waals surface area contributed by atoms with E-state index in [-0.39, 0.29) is 18.1 Å². The number of benzene rings is 1. The van der Waals surface area contributed by atoms with Gasteiger partial charge in [-0.1, -0.05) is 23.7 Å². The number of carbonyl (C=O) groups excluding carboxylic acids is 1. The van der Waals surface area contributed by atoms with E-state index in [1.54, 1.807) is 13.0 Å². The second-order valence-corrected chi connectivity index (χ2v) is 6.37. The summed E-state index contributed by atoms with van der Waals surface area (Å²) in [5.74, 6) is 0.541. The van der Waals surface area contributed by atoms with Gasteiger partial charge in [0.15, 0.2) is 0 Å². The van der Waals surface area contributed by atoms with Gasteiger partial charge in [-0.3, -0.25) is 4.79 Å². The predicted octanol–water partition coefficient (Wildman–Crippen LogP) is 2.86. The highest BCUT2D eigenvalue weighted by Gasteiger charge is 2.27. The van der Waals surface area contributed by atoms with E-state index < -0.39 is 6.10 Å². The van der Waals surface area contributed by atoms with Crippen LogP contribution in [-0.2, 0) is 14.3 Å². The van der Waals surface area contributed by atoms with Crippen LogP contribution in [-0.4, -0.2) is 37.9 Å². The third kappa shape index (κ3) is 3.97. The molecule has 1 saturated heterocycles. The van der Waals surface area contributed by atoms with E-state index in [4.69, 9.17) is 25.8 Å². The second kappa shape index (κ2) is 7.51. The Labute approximate surface area is 141 Å². The van der Waals surface area contributed by atoms with Gasteiger partial charge in [0.2, 0.25) is 5.91 Å². The van der Waals surface area contributed by atoms with Crippen LogP contribution < -0.4 is 10.1 Å². The minimum Gasteiger partial charge on any atom is -0.492 e. The van der Waals surface area contributed by atoms with Crippen molar-refractivity contribution in [1.82, 2.24) is 5.32 Å². The summed E-state index contributed by atoms with van der Waals surface area (Å²) < 4.78 is 16.8. The molecule has 5 nitrogen and oxygen atoms in total. The number of amides is 1. The molecule has 1 fully saturated rings. The molecular weight excluding hydrogens is 318 g/mol. The second-order valence-electron chi connectivity index (χ2n) is 5.97. The summed E-state index contributed by atoms with van der Waals surface area (Å²) in [6.07, 6.45) is 2.39. The minimum atomic E-state index is -0.510. The van der Waals surface area contributed by atoms with Gasteiger partial charge in [0.25, 0.3) is 0 Å². The van der Waals surface area contributed by atoms with E-state index in [0.717, 1.165) is 31.4 Å². The van der Waals surface area contributed by atoms with Crippen LogP contribution in [0.25, 0.3) is 0 Å². The maximum absolute atomic E-state index is 12.4. The first-order valence-electron chi connectivity index (χ1n) is 8.10. The lowest BCUT2D eigenvalue weighted by Gasteiger charge is -2.28. The number of nitrogens with one attached hydrogen (secondary N) is 1. The molecule has 23 heavy (non-hydrogen) atoms. The maximum Gasteiger partial charge on any atom is 0.249 e. The van der Waals surface area contributed by atoms with Gasteiger partial charge in [0, 0.05) is 18.6 Å². The summed E-state index contributed by atoms with van der Waals surface area (Å²) in [4.78, 5) is 12.4. The van der Waals surface area contributed by atoms with E-state index >= 15 is 0 Å². The van der Waals surface area contributed by atoms with E-state index in [1.165, 1.54) is 0 Å². The van der Waals surface area contributed by atoms with Crippen molar-refractivity contribution in [2.75, 3.05) is 19.8 Å². The minimum absolute atomic E-state index is 0.0984. The lowest BCUT2D eigenvalue weighted by molar-refractivity contribution is -0.134. The molecule has 1 aromatic carbocycles. The highest BCUT2D eigenvalue weighted by molar-refractivity contribution is 6.32. The first-order valence-corrected chi connectivity index (χ1v) is 8.47. The number of fused-ring (bicyclic) bond motifs is 1. The predicted molar refractivity (Wildman–Crippen MR) is 86.8 cm³/mol. The molecule has 0 bridgehead atoms. The van der Waals surface area contributed by atoms with Gasteiger partial charge in [-0.2, -0.15) is 0 Å². The normalized spacial score (nSPS) is 24.6. The fourth-order valence-electron chi connectivity index (χ4n) is 2.93. The fraction of sp³-hybridized carbons (Fsp3) is 0.588. The average molecular weight is 340 g/mol. The Morgan fingerprint density at radius 2 is 2.30 bits per heavy atom. The van der Waals surface area contributed by atoms with Gasteiger partial charge in [-0.05, 0) is 25.8 Å². The molecule has 0 aliphatic carbocycles. The Morgan fingerprint density at radius 3 is 3.09 bits per heavy atom. The Hall–Kier alpha value is -1.30. The number of hydrogen-bond donors (Lipinski definition) is 1. The van der Waals surface area contributed by atoms with Gasteiger partial charge >= 0.3 is 0 Å². The summed E-state index contributed by atoms with van der Waals surface area (Å²) >= 11 is 6.15. The van der Waals surface area contributed by atoms with Crippen LogP contribution in [0.2, 0.25) is 5.02 Å². The first kappa shape index (κ1) is 16.6. The van der Waals surface area contributed by atoms with Crippen molar-refractivity contribution >= 4 is 17.5 Å². The summed E-state index contributed by atoms with van der Waals surface area (Å²) in [7, 11) is 0. The molecule has 0 unspecified atom stereocenters. The van der Waals surface area contributed by atoms with Gasteiger partial charge in [0.05, 0.1) is 30.4 Å². The van der Waals surface area contributed by atoms with Crippen molar-refractivity contribution in [2.24, 2.45) is 0 Å². The van der Waals surface area contributed by atoms with Crippen LogP contribution in [0.3, 0.4) is 0 Å². The van der Waals surface area contributed by atoms with Crippen LogP contribution in [0.5, 0.6) is 5.75 Å². The average Bonchev–Trinajstić information content (AvgIpc) is 3.07. The first-order chi connectivity index (χ1) is 11.1. The molecule has 1 amide bonds. The Bertz CT molecular complexity index is 560. The van der Waals surface area contributed by atoms with Gasteiger partial charge in [-0.25, -0.2) is 0 Å². The SMILES string of the molecule is C[C@H](OC[C@H]1CCCO1)C(=O)N[C@H]1CCOc2c(Cl)cccc21. The van der Waals surface area contributed by atoms with E-state index in [2.05, 4.69) is 5.32 Å². The van der Waals surface area contributed by atoms with E-state index in [0.29, 0.717) is 24.0 Å². The monoisotopic (exact) mass is 339 g/mol. The van der Waals surface area contributed by atoms with Crippen molar-refractivity contribution in [3.63, 3.8) is 0 Å². The number of rotatable bonds is 5.